The van der Waals surface area contributed by atoms with E-state index >= 15 is 0 Å². The lowest BCUT2D eigenvalue weighted by molar-refractivity contribution is -0.133. The van der Waals surface area contributed by atoms with Gasteiger partial charge in [-0.1, -0.05) is 96.5 Å². The number of aliphatic hydroxyl groups excluding tert-OH is 1. The van der Waals surface area contributed by atoms with E-state index in [0.717, 1.165) is 45.0 Å². The van der Waals surface area contributed by atoms with Crippen molar-refractivity contribution in [1.29, 1.82) is 0 Å². The fourth-order valence-electron chi connectivity index (χ4n) is 4.82. The second-order valence-corrected chi connectivity index (χ2v) is 10.2. The standard InChI is InChI=1S/C33H33ClO4/c34-32-16-13-27(33-20-30(19-31(21-35)38-33)37-23-26-9-5-2-6-10-26)18-28(32)17-24-11-14-29(15-12-24)36-22-25-7-3-1-4-8-25/h1-16,18,30-31,33,35H,17,19-23H2. The molecule has 4 aromatic rings. The number of benzene rings is 4. The number of hydrogen-bond donors (Lipinski definition) is 1. The van der Waals surface area contributed by atoms with E-state index in [1.54, 1.807) is 0 Å². The molecule has 38 heavy (non-hydrogen) atoms. The van der Waals surface area contributed by atoms with Crippen molar-refractivity contribution in [3.05, 3.63) is 136 Å². The smallest absolute Gasteiger partial charge is 0.119 e. The number of aliphatic hydroxyl groups is 1. The first-order chi connectivity index (χ1) is 18.7. The van der Waals surface area contributed by atoms with Crippen LogP contribution in [0.3, 0.4) is 0 Å². The highest BCUT2D eigenvalue weighted by Crippen LogP contribution is 2.35. The summed E-state index contributed by atoms with van der Waals surface area (Å²) in [6.45, 7) is 1.06. The van der Waals surface area contributed by atoms with Crippen molar-refractivity contribution in [3.8, 4) is 5.75 Å². The summed E-state index contributed by atoms with van der Waals surface area (Å²) in [5.41, 5.74) is 5.53. The Bertz CT molecular complexity index is 1280. The molecule has 5 rings (SSSR count). The third kappa shape index (κ3) is 7.24. The summed E-state index contributed by atoms with van der Waals surface area (Å²) in [6, 6.07) is 34.5. The first-order valence-corrected chi connectivity index (χ1v) is 13.5. The molecule has 1 heterocycles. The van der Waals surface area contributed by atoms with Gasteiger partial charge in [0.25, 0.3) is 0 Å². The van der Waals surface area contributed by atoms with E-state index in [2.05, 4.69) is 42.5 Å². The Balaban J connectivity index is 1.23. The summed E-state index contributed by atoms with van der Waals surface area (Å²) in [5.74, 6) is 0.838. The second-order valence-electron chi connectivity index (χ2n) is 9.77. The maximum atomic E-state index is 9.87. The molecule has 0 amide bonds. The van der Waals surface area contributed by atoms with Crippen molar-refractivity contribution >= 4 is 11.6 Å². The molecule has 5 heteroatoms. The normalized spacial score (nSPS) is 19.3. The topological polar surface area (TPSA) is 47.9 Å². The van der Waals surface area contributed by atoms with E-state index < -0.39 is 0 Å². The molecule has 1 fully saturated rings. The van der Waals surface area contributed by atoms with Gasteiger partial charge >= 0.3 is 0 Å². The predicted octanol–water partition coefficient (Wildman–Crippen LogP) is 7.31. The van der Waals surface area contributed by atoms with Crippen LogP contribution in [-0.4, -0.2) is 23.9 Å². The van der Waals surface area contributed by atoms with Gasteiger partial charge in [0, 0.05) is 17.9 Å². The van der Waals surface area contributed by atoms with Crippen LogP contribution in [0.4, 0.5) is 0 Å². The molecular weight excluding hydrogens is 496 g/mol. The number of rotatable bonds is 10. The SMILES string of the molecule is OCC1CC(OCc2ccccc2)CC(c2ccc(Cl)c(Cc3ccc(OCc4ccccc4)cc3)c2)O1. The van der Waals surface area contributed by atoms with Gasteiger partial charge in [0.2, 0.25) is 0 Å². The molecule has 3 unspecified atom stereocenters. The largest absolute Gasteiger partial charge is 0.489 e. The Kier molecular flexibility index (Phi) is 9.11. The molecule has 4 nitrogen and oxygen atoms in total. The van der Waals surface area contributed by atoms with Crippen LogP contribution < -0.4 is 4.74 Å². The van der Waals surface area contributed by atoms with Crippen molar-refractivity contribution < 1.29 is 19.3 Å². The van der Waals surface area contributed by atoms with Gasteiger partial charge in [-0.25, -0.2) is 0 Å². The molecule has 0 bridgehead atoms. The fraction of sp³-hybridized carbons (Fsp3) is 0.273. The zero-order valence-corrected chi connectivity index (χ0v) is 22.1. The number of halogens is 1. The summed E-state index contributed by atoms with van der Waals surface area (Å²) in [4.78, 5) is 0. The van der Waals surface area contributed by atoms with Crippen molar-refractivity contribution in [2.45, 2.75) is 50.8 Å². The molecule has 4 aromatic carbocycles. The number of ether oxygens (including phenoxy) is 3. The Morgan fingerprint density at radius 3 is 2.13 bits per heavy atom. The van der Waals surface area contributed by atoms with Gasteiger partial charge in [0.05, 0.1) is 31.5 Å². The molecule has 0 saturated carbocycles. The Labute approximate surface area is 229 Å². The van der Waals surface area contributed by atoms with E-state index in [4.69, 9.17) is 25.8 Å². The van der Waals surface area contributed by atoms with Crippen LogP contribution >= 0.6 is 11.6 Å². The highest BCUT2D eigenvalue weighted by Gasteiger charge is 2.31. The van der Waals surface area contributed by atoms with E-state index in [1.807, 2.05) is 60.7 Å². The minimum atomic E-state index is -0.253. The van der Waals surface area contributed by atoms with Crippen LogP contribution in [0.15, 0.2) is 103 Å². The molecule has 196 valence electrons. The second kappa shape index (κ2) is 13.1. The first kappa shape index (κ1) is 26.5. The maximum Gasteiger partial charge on any atom is 0.119 e. The lowest BCUT2D eigenvalue weighted by Crippen LogP contribution is -2.35. The molecular formula is C33H33ClO4. The van der Waals surface area contributed by atoms with Gasteiger partial charge in [-0.05, 0) is 52.4 Å². The maximum absolute atomic E-state index is 9.87. The zero-order valence-electron chi connectivity index (χ0n) is 21.3. The molecule has 1 saturated heterocycles. The quantitative estimate of drug-likeness (QED) is 0.234. The van der Waals surface area contributed by atoms with E-state index in [1.165, 1.54) is 0 Å². The van der Waals surface area contributed by atoms with Crippen LogP contribution in [0, 0.1) is 0 Å². The van der Waals surface area contributed by atoms with Crippen molar-refractivity contribution in [2.75, 3.05) is 6.61 Å². The predicted molar refractivity (Wildman–Crippen MR) is 150 cm³/mol. The summed E-state index contributed by atoms with van der Waals surface area (Å²) >= 11 is 6.61. The molecule has 1 aliphatic rings. The lowest BCUT2D eigenvalue weighted by Gasteiger charge is -2.35. The van der Waals surface area contributed by atoms with Gasteiger partial charge in [-0.3, -0.25) is 0 Å². The minimum Gasteiger partial charge on any atom is -0.489 e. The summed E-state index contributed by atoms with van der Waals surface area (Å²) in [7, 11) is 0. The summed E-state index contributed by atoms with van der Waals surface area (Å²) in [6.07, 6.45) is 1.71. The third-order valence-corrected chi connectivity index (χ3v) is 7.27. The van der Waals surface area contributed by atoms with Crippen molar-refractivity contribution in [2.24, 2.45) is 0 Å². The molecule has 0 aliphatic carbocycles. The lowest BCUT2D eigenvalue weighted by atomic mass is 9.93. The van der Waals surface area contributed by atoms with E-state index in [-0.39, 0.29) is 24.9 Å². The monoisotopic (exact) mass is 528 g/mol. The molecule has 0 radical (unpaired) electrons. The first-order valence-electron chi connectivity index (χ1n) is 13.1. The summed E-state index contributed by atoms with van der Waals surface area (Å²) in [5, 5.41) is 10.6. The van der Waals surface area contributed by atoms with Gasteiger partial charge in [-0.15, -0.1) is 0 Å². The van der Waals surface area contributed by atoms with E-state index in [0.29, 0.717) is 26.1 Å². The Morgan fingerprint density at radius 1 is 0.763 bits per heavy atom. The Hall–Kier alpha value is -3.15. The molecule has 1 N–H and O–H groups in total. The van der Waals surface area contributed by atoms with Crippen LogP contribution in [0.2, 0.25) is 5.02 Å². The molecule has 0 spiro atoms. The van der Waals surface area contributed by atoms with Crippen LogP contribution in [0.5, 0.6) is 5.75 Å². The van der Waals surface area contributed by atoms with Gasteiger partial charge < -0.3 is 19.3 Å². The van der Waals surface area contributed by atoms with Crippen LogP contribution in [0.25, 0.3) is 0 Å². The third-order valence-electron chi connectivity index (χ3n) is 6.90. The van der Waals surface area contributed by atoms with Crippen molar-refractivity contribution in [3.63, 3.8) is 0 Å². The minimum absolute atomic E-state index is 0.00802. The average Bonchev–Trinajstić information content (AvgIpc) is 2.97. The Morgan fingerprint density at radius 2 is 1.45 bits per heavy atom. The average molecular weight is 529 g/mol. The number of hydrogen-bond acceptors (Lipinski definition) is 4. The highest BCUT2D eigenvalue weighted by molar-refractivity contribution is 6.31. The van der Waals surface area contributed by atoms with Gasteiger partial charge in [0.15, 0.2) is 0 Å². The fourth-order valence-corrected chi connectivity index (χ4v) is 5.01. The van der Waals surface area contributed by atoms with Crippen molar-refractivity contribution in [1.82, 2.24) is 0 Å². The van der Waals surface area contributed by atoms with Crippen LogP contribution in [0.1, 0.15) is 46.8 Å². The highest BCUT2D eigenvalue weighted by atomic mass is 35.5. The molecule has 3 atom stereocenters. The van der Waals surface area contributed by atoms with Gasteiger partial charge in [-0.2, -0.15) is 0 Å². The molecule has 0 aromatic heterocycles. The van der Waals surface area contributed by atoms with Gasteiger partial charge in [0.1, 0.15) is 12.4 Å². The summed E-state index contributed by atoms with van der Waals surface area (Å²) < 4.78 is 18.4. The molecule has 1 aliphatic heterocycles. The zero-order chi connectivity index (χ0) is 26.2. The van der Waals surface area contributed by atoms with Crippen LogP contribution in [-0.2, 0) is 29.1 Å². The van der Waals surface area contributed by atoms with E-state index in [9.17, 15) is 5.11 Å².